The largest absolute Gasteiger partial charge is 0.481 e. The van der Waals surface area contributed by atoms with E-state index in [1.165, 1.54) is 0 Å². The maximum atomic E-state index is 12.8. The number of imidazole rings is 1. The number of nitrogens with zero attached hydrogens (tertiary/aromatic N) is 3. The van der Waals surface area contributed by atoms with Gasteiger partial charge in [0.1, 0.15) is 5.75 Å². The molecule has 2 aromatic carbocycles. The lowest BCUT2D eigenvalue weighted by Crippen LogP contribution is -2.30. The van der Waals surface area contributed by atoms with E-state index in [-0.39, 0.29) is 12.7 Å². The molecule has 0 saturated carbocycles. The van der Waals surface area contributed by atoms with Crippen molar-refractivity contribution in [3.8, 4) is 34.4 Å². The lowest BCUT2D eigenvalue weighted by Gasteiger charge is -2.16. The van der Waals surface area contributed by atoms with Gasteiger partial charge in [-0.15, -0.1) is 5.10 Å². The van der Waals surface area contributed by atoms with Crippen molar-refractivity contribution in [2.45, 2.75) is 20.0 Å². The van der Waals surface area contributed by atoms with Crippen LogP contribution < -0.4 is 24.3 Å². The number of carbonyl (C=O) groups is 1. The molecule has 0 saturated heterocycles. The average Bonchev–Trinajstić information content (AvgIpc) is 3.46. The quantitative estimate of drug-likeness (QED) is 0.481. The number of aryl methyl sites for hydroxylation is 1. The summed E-state index contributed by atoms with van der Waals surface area (Å²) in [5.41, 5.74) is 3.88. The Hall–Kier alpha value is -4.27. The van der Waals surface area contributed by atoms with Gasteiger partial charge in [-0.3, -0.25) is 4.79 Å². The number of anilines is 1. The molecule has 9 nitrogen and oxygen atoms in total. The minimum atomic E-state index is -0.722. The molecule has 9 heteroatoms. The van der Waals surface area contributed by atoms with Gasteiger partial charge in [0.15, 0.2) is 23.3 Å². The summed E-state index contributed by atoms with van der Waals surface area (Å²) in [6, 6.07) is 14.6. The summed E-state index contributed by atoms with van der Waals surface area (Å²) in [4.78, 5) is 17.4. The normalized spacial score (nSPS) is 13.1. The fourth-order valence-corrected chi connectivity index (χ4v) is 3.47. The van der Waals surface area contributed by atoms with Crippen molar-refractivity contribution in [1.82, 2.24) is 14.6 Å². The van der Waals surface area contributed by atoms with Crippen LogP contribution in [0.5, 0.6) is 23.1 Å². The molecule has 1 aliphatic rings. The smallest absolute Gasteiger partial charge is 0.265 e. The van der Waals surface area contributed by atoms with Crippen LogP contribution in [-0.4, -0.2) is 40.5 Å². The van der Waals surface area contributed by atoms with Gasteiger partial charge in [0.2, 0.25) is 12.7 Å². The van der Waals surface area contributed by atoms with E-state index < -0.39 is 6.10 Å². The predicted molar refractivity (Wildman–Crippen MR) is 121 cm³/mol. The van der Waals surface area contributed by atoms with Gasteiger partial charge in [0, 0.05) is 23.4 Å². The number of methoxy groups -OCH3 is 1. The van der Waals surface area contributed by atoms with Crippen LogP contribution in [0.1, 0.15) is 12.5 Å². The van der Waals surface area contributed by atoms with Crippen LogP contribution >= 0.6 is 0 Å². The minimum absolute atomic E-state index is 0.181. The third-order valence-corrected chi connectivity index (χ3v) is 5.32. The van der Waals surface area contributed by atoms with Crippen LogP contribution in [0.15, 0.2) is 54.7 Å². The third kappa shape index (κ3) is 4.12. The van der Waals surface area contributed by atoms with Crippen molar-refractivity contribution >= 4 is 17.2 Å². The van der Waals surface area contributed by atoms with Gasteiger partial charge < -0.3 is 24.3 Å². The first-order valence-corrected chi connectivity index (χ1v) is 10.4. The standard InChI is InChI=1S/C24H22N4O5/c1-14-4-5-16(19-12-28-22(25-19)8-9-23(27-28)30-3)10-18(14)26-24(29)15(2)33-17-6-7-20-21(11-17)32-13-31-20/h4-12,15H,13H2,1-3H3,(H,26,29)/t15-/m0/s1. The topological polar surface area (TPSA) is 96.2 Å². The van der Waals surface area contributed by atoms with Crippen LogP contribution in [0.4, 0.5) is 5.69 Å². The van der Waals surface area contributed by atoms with Crippen LogP contribution in [0, 0.1) is 6.92 Å². The fourth-order valence-electron chi connectivity index (χ4n) is 3.47. The Labute approximate surface area is 189 Å². The second-order valence-electron chi connectivity index (χ2n) is 7.60. The predicted octanol–water partition coefficient (Wildman–Crippen LogP) is 3.85. The first-order chi connectivity index (χ1) is 16.0. The van der Waals surface area contributed by atoms with Crippen LogP contribution in [0.3, 0.4) is 0 Å². The summed E-state index contributed by atoms with van der Waals surface area (Å²) in [5.74, 6) is 2.02. The molecule has 0 spiro atoms. The Bertz CT molecular complexity index is 1350. The van der Waals surface area contributed by atoms with E-state index in [1.54, 1.807) is 42.8 Å². The average molecular weight is 446 g/mol. The van der Waals surface area contributed by atoms with Crippen molar-refractivity contribution in [3.63, 3.8) is 0 Å². The third-order valence-electron chi connectivity index (χ3n) is 5.32. The highest BCUT2D eigenvalue weighted by Crippen LogP contribution is 2.35. The summed E-state index contributed by atoms with van der Waals surface area (Å²) in [7, 11) is 1.57. The monoisotopic (exact) mass is 446 g/mol. The van der Waals surface area contributed by atoms with Crippen LogP contribution in [0.25, 0.3) is 16.9 Å². The van der Waals surface area contributed by atoms with Gasteiger partial charge >= 0.3 is 0 Å². The maximum absolute atomic E-state index is 12.8. The molecule has 33 heavy (non-hydrogen) atoms. The number of carbonyl (C=O) groups excluding carboxylic acids is 1. The number of aromatic nitrogens is 3. The van der Waals surface area contributed by atoms with Crippen molar-refractivity contribution in [3.05, 3.63) is 60.3 Å². The first-order valence-electron chi connectivity index (χ1n) is 10.4. The number of rotatable bonds is 6. The summed E-state index contributed by atoms with van der Waals surface area (Å²) < 4.78 is 23.3. The summed E-state index contributed by atoms with van der Waals surface area (Å²) in [6.07, 6.45) is 1.10. The minimum Gasteiger partial charge on any atom is -0.481 e. The first kappa shape index (κ1) is 20.6. The highest BCUT2D eigenvalue weighted by Gasteiger charge is 2.19. The molecule has 1 N–H and O–H groups in total. The Balaban J connectivity index is 1.33. The van der Waals surface area contributed by atoms with E-state index in [0.717, 1.165) is 16.8 Å². The fraction of sp³-hybridized carbons (Fsp3) is 0.208. The van der Waals surface area contributed by atoms with E-state index in [4.69, 9.17) is 18.9 Å². The lowest BCUT2D eigenvalue weighted by molar-refractivity contribution is -0.122. The van der Waals surface area contributed by atoms with Gasteiger partial charge in [-0.1, -0.05) is 12.1 Å². The summed E-state index contributed by atoms with van der Waals surface area (Å²) in [5, 5.41) is 7.30. The number of amides is 1. The van der Waals surface area contributed by atoms with E-state index in [0.29, 0.717) is 34.5 Å². The number of nitrogens with one attached hydrogen (secondary N) is 1. The van der Waals surface area contributed by atoms with E-state index in [2.05, 4.69) is 15.4 Å². The van der Waals surface area contributed by atoms with Crippen molar-refractivity contribution in [2.24, 2.45) is 0 Å². The molecule has 3 heterocycles. The van der Waals surface area contributed by atoms with Crippen LogP contribution in [0.2, 0.25) is 0 Å². The zero-order chi connectivity index (χ0) is 22.9. The zero-order valence-corrected chi connectivity index (χ0v) is 18.4. The Morgan fingerprint density at radius 3 is 2.82 bits per heavy atom. The molecule has 168 valence electrons. The summed E-state index contributed by atoms with van der Waals surface area (Å²) in [6.45, 7) is 3.81. The van der Waals surface area contributed by atoms with Crippen molar-refractivity contribution in [1.29, 1.82) is 0 Å². The molecule has 0 bridgehead atoms. The highest BCUT2D eigenvalue weighted by molar-refractivity contribution is 5.95. The Kier molecular flexibility index (Phi) is 5.21. The van der Waals surface area contributed by atoms with Gasteiger partial charge in [-0.05, 0) is 43.7 Å². The second kappa shape index (κ2) is 8.34. The zero-order valence-electron chi connectivity index (χ0n) is 18.4. The van der Waals surface area contributed by atoms with Gasteiger partial charge in [0.05, 0.1) is 19.0 Å². The van der Waals surface area contributed by atoms with E-state index in [1.807, 2.05) is 37.4 Å². The van der Waals surface area contributed by atoms with Gasteiger partial charge in [-0.2, -0.15) is 0 Å². The number of fused-ring (bicyclic) bond motifs is 2. The molecule has 0 radical (unpaired) electrons. The van der Waals surface area contributed by atoms with Crippen molar-refractivity contribution in [2.75, 3.05) is 19.2 Å². The molecule has 1 aliphatic heterocycles. The van der Waals surface area contributed by atoms with Gasteiger partial charge in [0.25, 0.3) is 5.91 Å². The molecule has 1 atom stereocenters. The number of hydrogen-bond acceptors (Lipinski definition) is 7. The molecular weight excluding hydrogens is 424 g/mol. The van der Waals surface area contributed by atoms with E-state index in [9.17, 15) is 4.79 Å². The second-order valence-corrected chi connectivity index (χ2v) is 7.60. The van der Waals surface area contributed by atoms with Crippen molar-refractivity contribution < 1.29 is 23.7 Å². The number of ether oxygens (including phenoxy) is 4. The SMILES string of the molecule is COc1ccc2nc(-c3ccc(C)c(NC(=O)[C@H](C)Oc4ccc5c(c4)OCO5)c3)cn2n1. The summed E-state index contributed by atoms with van der Waals surface area (Å²) >= 11 is 0. The Morgan fingerprint density at radius 2 is 1.97 bits per heavy atom. The molecule has 0 unspecified atom stereocenters. The Morgan fingerprint density at radius 1 is 1.12 bits per heavy atom. The van der Waals surface area contributed by atoms with Gasteiger partial charge in [-0.25, -0.2) is 9.50 Å². The lowest BCUT2D eigenvalue weighted by atomic mass is 10.1. The van der Waals surface area contributed by atoms with Crippen LogP contribution in [-0.2, 0) is 4.79 Å². The molecule has 0 aliphatic carbocycles. The number of benzene rings is 2. The molecule has 5 rings (SSSR count). The molecule has 4 aromatic rings. The van der Waals surface area contributed by atoms with E-state index >= 15 is 0 Å². The molecule has 0 fully saturated rings. The maximum Gasteiger partial charge on any atom is 0.265 e. The molecule has 2 aromatic heterocycles. The number of hydrogen-bond donors (Lipinski definition) is 1. The molecular formula is C24H22N4O5. The molecule has 1 amide bonds. The highest BCUT2D eigenvalue weighted by atomic mass is 16.7.